The molecule has 0 saturated heterocycles. The fourth-order valence-electron chi connectivity index (χ4n) is 1.81. The molecule has 0 heterocycles. The van der Waals surface area contributed by atoms with Crippen molar-refractivity contribution >= 4 is 10.0 Å². The molecule has 0 aliphatic rings. The lowest BCUT2D eigenvalue weighted by Crippen LogP contribution is -2.45. The standard InChI is InChI=1S/C14H20FNO3S/c1-5-8-16(14(2,3)4)20(18,19)13-9-11(10-17)6-7-12(13)15/h5-7,9,17H,1,8,10H2,2-4H3. The monoisotopic (exact) mass is 301 g/mol. The van der Waals surface area contributed by atoms with E-state index in [-0.39, 0.29) is 13.2 Å². The Labute approximate surface area is 119 Å². The van der Waals surface area contributed by atoms with Crippen molar-refractivity contribution in [3.05, 3.63) is 42.2 Å². The molecule has 0 amide bonds. The highest BCUT2D eigenvalue weighted by molar-refractivity contribution is 7.89. The van der Waals surface area contributed by atoms with Gasteiger partial charge in [0, 0.05) is 12.1 Å². The fraction of sp³-hybridized carbons (Fsp3) is 0.429. The molecule has 0 spiro atoms. The first-order valence-corrected chi connectivity index (χ1v) is 7.61. The number of sulfonamides is 1. The lowest BCUT2D eigenvalue weighted by Gasteiger charge is -2.33. The third-order valence-corrected chi connectivity index (χ3v) is 4.94. The van der Waals surface area contributed by atoms with Crippen LogP contribution in [-0.4, -0.2) is 29.9 Å². The highest BCUT2D eigenvalue weighted by Crippen LogP contribution is 2.26. The predicted molar refractivity (Wildman–Crippen MR) is 76.2 cm³/mol. The second-order valence-electron chi connectivity index (χ2n) is 5.42. The van der Waals surface area contributed by atoms with Crippen molar-refractivity contribution in [3.63, 3.8) is 0 Å². The second kappa shape index (κ2) is 6.03. The van der Waals surface area contributed by atoms with Crippen LogP contribution in [0.25, 0.3) is 0 Å². The van der Waals surface area contributed by atoms with Crippen molar-refractivity contribution < 1.29 is 17.9 Å². The van der Waals surface area contributed by atoms with E-state index in [1.807, 2.05) is 0 Å². The third kappa shape index (κ3) is 3.45. The quantitative estimate of drug-likeness (QED) is 0.849. The van der Waals surface area contributed by atoms with Gasteiger partial charge < -0.3 is 5.11 Å². The molecule has 0 unspecified atom stereocenters. The van der Waals surface area contributed by atoms with E-state index in [0.717, 1.165) is 12.1 Å². The van der Waals surface area contributed by atoms with Crippen molar-refractivity contribution in [2.24, 2.45) is 0 Å². The number of nitrogens with zero attached hydrogens (tertiary/aromatic N) is 1. The SMILES string of the molecule is C=CCN(C(C)(C)C)S(=O)(=O)c1cc(CO)ccc1F. The van der Waals surface area contributed by atoms with E-state index in [1.165, 1.54) is 16.4 Å². The van der Waals surface area contributed by atoms with Crippen LogP contribution in [0.3, 0.4) is 0 Å². The van der Waals surface area contributed by atoms with Gasteiger partial charge in [0.2, 0.25) is 10.0 Å². The molecule has 1 rings (SSSR count). The van der Waals surface area contributed by atoms with E-state index >= 15 is 0 Å². The number of aliphatic hydroxyl groups is 1. The maximum atomic E-state index is 13.9. The van der Waals surface area contributed by atoms with Crippen LogP contribution in [0.1, 0.15) is 26.3 Å². The van der Waals surface area contributed by atoms with Gasteiger partial charge in [-0.05, 0) is 38.5 Å². The topological polar surface area (TPSA) is 57.6 Å². The van der Waals surface area contributed by atoms with Crippen molar-refractivity contribution in [1.82, 2.24) is 4.31 Å². The van der Waals surface area contributed by atoms with Gasteiger partial charge in [0.25, 0.3) is 0 Å². The van der Waals surface area contributed by atoms with Crippen LogP contribution in [0, 0.1) is 5.82 Å². The Morgan fingerprint density at radius 2 is 2.00 bits per heavy atom. The van der Waals surface area contributed by atoms with Crippen LogP contribution in [0.2, 0.25) is 0 Å². The summed E-state index contributed by atoms with van der Waals surface area (Å²) < 4.78 is 40.3. The van der Waals surface area contributed by atoms with Gasteiger partial charge in [0.1, 0.15) is 10.7 Å². The number of rotatable bonds is 5. The predicted octanol–water partition coefficient (Wildman–Crippen LogP) is 2.29. The zero-order valence-electron chi connectivity index (χ0n) is 11.9. The van der Waals surface area contributed by atoms with Crippen LogP contribution in [0.15, 0.2) is 35.7 Å². The van der Waals surface area contributed by atoms with Gasteiger partial charge in [0.15, 0.2) is 0 Å². The zero-order valence-corrected chi connectivity index (χ0v) is 12.7. The first kappa shape index (κ1) is 16.8. The van der Waals surface area contributed by atoms with E-state index in [9.17, 15) is 12.8 Å². The molecule has 0 atom stereocenters. The van der Waals surface area contributed by atoms with Crippen molar-refractivity contribution in [2.45, 2.75) is 37.8 Å². The molecular formula is C14H20FNO3S. The van der Waals surface area contributed by atoms with Crippen LogP contribution in [-0.2, 0) is 16.6 Å². The fourth-order valence-corrected chi connectivity index (χ4v) is 3.69. The minimum absolute atomic E-state index is 0.0780. The van der Waals surface area contributed by atoms with Crippen molar-refractivity contribution in [2.75, 3.05) is 6.54 Å². The normalized spacial score (nSPS) is 12.7. The summed E-state index contributed by atoms with van der Waals surface area (Å²) in [6.07, 6.45) is 1.45. The summed E-state index contributed by atoms with van der Waals surface area (Å²) in [6, 6.07) is 3.56. The molecule has 0 saturated carbocycles. The Hall–Kier alpha value is -1.24. The Balaban J connectivity index is 3.44. The van der Waals surface area contributed by atoms with E-state index in [2.05, 4.69) is 6.58 Å². The van der Waals surface area contributed by atoms with Gasteiger partial charge in [-0.15, -0.1) is 6.58 Å². The van der Waals surface area contributed by atoms with Gasteiger partial charge in [0.05, 0.1) is 6.61 Å². The maximum absolute atomic E-state index is 13.9. The molecule has 4 nitrogen and oxygen atoms in total. The smallest absolute Gasteiger partial charge is 0.246 e. The van der Waals surface area contributed by atoms with Gasteiger partial charge in [-0.1, -0.05) is 12.1 Å². The molecule has 0 fully saturated rings. The van der Waals surface area contributed by atoms with Crippen LogP contribution in [0.4, 0.5) is 4.39 Å². The third-order valence-electron chi connectivity index (χ3n) is 2.79. The summed E-state index contributed by atoms with van der Waals surface area (Å²) in [5, 5.41) is 9.07. The summed E-state index contributed by atoms with van der Waals surface area (Å²) in [4.78, 5) is -0.430. The molecular weight excluding hydrogens is 281 g/mol. The molecule has 6 heteroatoms. The minimum Gasteiger partial charge on any atom is -0.392 e. The van der Waals surface area contributed by atoms with Crippen molar-refractivity contribution in [3.8, 4) is 0 Å². The summed E-state index contributed by atoms with van der Waals surface area (Å²) in [7, 11) is -4.01. The molecule has 1 N–H and O–H groups in total. The molecule has 0 radical (unpaired) electrons. The van der Waals surface area contributed by atoms with Crippen molar-refractivity contribution in [1.29, 1.82) is 0 Å². The Morgan fingerprint density at radius 1 is 1.40 bits per heavy atom. The largest absolute Gasteiger partial charge is 0.392 e. The number of aliphatic hydroxyl groups excluding tert-OH is 1. The molecule has 1 aromatic rings. The molecule has 1 aromatic carbocycles. The van der Waals surface area contributed by atoms with E-state index in [0.29, 0.717) is 5.56 Å². The van der Waals surface area contributed by atoms with Gasteiger partial charge in [-0.2, -0.15) is 4.31 Å². The summed E-state index contributed by atoms with van der Waals surface area (Å²) in [6.45, 7) is 8.44. The molecule has 0 bridgehead atoms. The molecule has 0 aliphatic carbocycles. The van der Waals surface area contributed by atoms with E-state index < -0.39 is 26.3 Å². The molecule has 0 aromatic heterocycles. The van der Waals surface area contributed by atoms with Crippen LogP contribution in [0.5, 0.6) is 0 Å². The lowest BCUT2D eigenvalue weighted by atomic mass is 10.1. The average Bonchev–Trinajstić information content (AvgIpc) is 2.34. The zero-order chi connectivity index (χ0) is 15.6. The summed E-state index contributed by atoms with van der Waals surface area (Å²) in [5.74, 6) is -0.833. The van der Waals surface area contributed by atoms with Gasteiger partial charge in [-0.25, -0.2) is 12.8 Å². The first-order chi connectivity index (χ1) is 9.14. The summed E-state index contributed by atoms with van der Waals surface area (Å²) >= 11 is 0. The highest BCUT2D eigenvalue weighted by Gasteiger charge is 2.34. The first-order valence-electron chi connectivity index (χ1n) is 6.17. The highest BCUT2D eigenvalue weighted by atomic mass is 32.2. The van der Waals surface area contributed by atoms with Crippen LogP contribution < -0.4 is 0 Å². The molecule has 20 heavy (non-hydrogen) atoms. The molecule has 112 valence electrons. The second-order valence-corrected chi connectivity index (χ2v) is 7.25. The number of hydrogen-bond donors (Lipinski definition) is 1. The lowest BCUT2D eigenvalue weighted by molar-refractivity contribution is 0.268. The van der Waals surface area contributed by atoms with Gasteiger partial charge >= 0.3 is 0 Å². The van der Waals surface area contributed by atoms with Crippen LogP contribution >= 0.6 is 0 Å². The maximum Gasteiger partial charge on any atom is 0.246 e. The number of benzene rings is 1. The minimum atomic E-state index is -4.01. The van der Waals surface area contributed by atoms with E-state index in [4.69, 9.17) is 5.11 Å². The number of halogens is 1. The Morgan fingerprint density at radius 3 is 2.45 bits per heavy atom. The Kier molecular flexibility index (Phi) is 5.07. The summed E-state index contributed by atoms with van der Waals surface area (Å²) in [5.41, 5.74) is -0.369. The number of hydrogen-bond acceptors (Lipinski definition) is 3. The van der Waals surface area contributed by atoms with Gasteiger partial charge in [-0.3, -0.25) is 0 Å². The molecule has 0 aliphatic heterocycles. The average molecular weight is 301 g/mol. The van der Waals surface area contributed by atoms with E-state index in [1.54, 1.807) is 20.8 Å². The Bertz CT molecular complexity index is 591.